The van der Waals surface area contributed by atoms with Crippen molar-refractivity contribution in [3.63, 3.8) is 0 Å². The van der Waals surface area contributed by atoms with E-state index in [2.05, 4.69) is 5.32 Å². The van der Waals surface area contributed by atoms with Gasteiger partial charge in [-0.05, 0) is 24.6 Å². The van der Waals surface area contributed by atoms with Crippen molar-refractivity contribution < 1.29 is 13.9 Å². The molecular formula is C13H19ClFNO2. The molecule has 18 heavy (non-hydrogen) atoms. The quantitative estimate of drug-likeness (QED) is 0.740. The average molecular weight is 276 g/mol. The van der Waals surface area contributed by atoms with Crippen molar-refractivity contribution in [2.24, 2.45) is 0 Å². The van der Waals surface area contributed by atoms with Crippen molar-refractivity contribution in [1.82, 2.24) is 5.32 Å². The number of rotatable bonds is 8. The third-order valence-corrected chi connectivity index (χ3v) is 2.86. The van der Waals surface area contributed by atoms with Crippen molar-refractivity contribution in [2.45, 2.75) is 13.0 Å². The van der Waals surface area contributed by atoms with Crippen LogP contribution in [0.2, 0.25) is 5.02 Å². The number of nitrogens with one attached hydrogen (secondary N) is 1. The van der Waals surface area contributed by atoms with Crippen LogP contribution < -0.4 is 5.32 Å². The van der Waals surface area contributed by atoms with Gasteiger partial charge in [-0.2, -0.15) is 0 Å². The predicted octanol–water partition coefficient (Wildman–Crippen LogP) is 2.79. The van der Waals surface area contributed by atoms with E-state index in [1.807, 2.05) is 6.92 Å². The predicted molar refractivity (Wildman–Crippen MR) is 70.5 cm³/mol. The van der Waals surface area contributed by atoms with Gasteiger partial charge in [-0.3, -0.25) is 0 Å². The highest BCUT2D eigenvalue weighted by molar-refractivity contribution is 6.30. The fourth-order valence-electron chi connectivity index (χ4n) is 1.49. The Labute approximate surface area is 112 Å². The van der Waals surface area contributed by atoms with Crippen LogP contribution in [0.4, 0.5) is 4.39 Å². The molecular weight excluding hydrogens is 257 g/mol. The molecule has 1 unspecified atom stereocenters. The van der Waals surface area contributed by atoms with E-state index in [1.54, 1.807) is 19.2 Å². The lowest BCUT2D eigenvalue weighted by atomic mass is 10.1. The average Bonchev–Trinajstić information content (AvgIpc) is 2.36. The van der Waals surface area contributed by atoms with Gasteiger partial charge in [0.05, 0.1) is 24.8 Å². The number of ether oxygens (including phenoxy) is 2. The summed E-state index contributed by atoms with van der Waals surface area (Å²) in [5.41, 5.74) is 0.957. The van der Waals surface area contributed by atoms with Gasteiger partial charge < -0.3 is 14.8 Å². The third kappa shape index (κ3) is 5.31. The second-order valence-corrected chi connectivity index (χ2v) is 4.36. The summed E-state index contributed by atoms with van der Waals surface area (Å²) in [6.45, 7) is 4.53. The molecule has 0 aliphatic heterocycles. The Kier molecular flexibility index (Phi) is 7.20. The molecule has 0 fully saturated rings. The van der Waals surface area contributed by atoms with Gasteiger partial charge in [-0.15, -0.1) is 0 Å². The standard InChI is InChI=1S/C13H19ClFNO2/c1-10(16-5-6-18-8-7-17-2)11-3-4-13(15)12(14)9-11/h3-4,9-10,16H,5-8H2,1-2H3. The Morgan fingerprint density at radius 3 is 2.78 bits per heavy atom. The molecule has 0 heterocycles. The summed E-state index contributed by atoms with van der Waals surface area (Å²) in [6.07, 6.45) is 0. The first-order chi connectivity index (χ1) is 8.65. The number of halogens is 2. The first kappa shape index (κ1) is 15.4. The van der Waals surface area contributed by atoms with Crippen LogP contribution in [0.15, 0.2) is 18.2 Å². The summed E-state index contributed by atoms with van der Waals surface area (Å²) in [6, 6.07) is 4.85. The maximum absolute atomic E-state index is 13.0. The molecule has 1 aromatic carbocycles. The Balaban J connectivity index is 2.27. The van der Waals surface area contributed by atoms with Crippen molar-refractivity contribution in [2.75, 3.05) is 33.5 Å². The highest BCUT2D eigenvalue weighted by atomic mass is 35.5. The van der Waals surface area contributed by atoms with E-state index in [1.165, 1.54) is 6.07 Å². The van der Waals surface area contributed by atoms with Crippen molar-refractivity contribution in [3.05, 3.63) is 34.6 Å². The number of hydrogen-bond acceptors (Lipinski definition) is 3. The molecule has 0 saturated carbocycles. The minimum Gasteiger partial charge on any atom is -0.382 e. The fraction of sp³-hybridized carbons (Fsp3) is 0.538. The van der Waals surface area contributed by atoms with Crippen LogP contribution in [0.3, 0.4) is 0 Å². The Hall–Kier alpha value is -0.680. The van der Waals surface area contributed by atoms with E-state index in [4.69, 9.17) is 21.1 Å². The van der Waals surface area contributed by atoms with Crippen LogP contribution in [0.1, 0.15) is 18.5 Å². The molecule has 0 spiro atoms. The zero-order valence-corrected chi connectivity index (χ0v) is 11.5. The first-order valence-electron chi connectivity index (χ1n) is 5.90. The second kappa shape index (κ2) is 8.43. The highest BCUT2D eigenvalue weighted by Crippen LogP contribution is 2.20. The van der Waals surface area contributed by atoms with Gasteiger partial charge in [0.2, 0.25) is 0 Å². The van der Waals surface area contributed by atoms with Crippen LogP contribution in [-0.2, 0) is 9.47 Å². The molecule has 1 rings (SSSR count). The van der Waals surface area contributed by atoms with E-state index >= 15 is 0 Å². The van der Waals surface area contributed by atoms with E-state index in [0.717, 1.165) is 12.1 Å². The van der Waals surface area contributed by atoms with E-state index in [9.17, 15) is 4.39 Å². The van der Waals surface area contributed by atoms with Gasteiger partial charge in [-0.25, -0.2) is 4.39 Å². The Morgan fingerprint density at radius 2 is 2.11 bits per heavy atom. The summed E-state index contributed by atoms with van der Waals surface area (Å²) >= 11 is 5.74. The lowest BCUT2D eigenvalue weighted by molar-refractivity contribution is 0.0712. The summed E-state index contributed by atoms with van der Waals surface area (Å²) in [4.78, 5) is 0. The normalized spacial score (nSPS) is 12.7. The smallest absolute Gasteiger partial charge is 0.141 e. The molecule has 0 aliphatic rings. The van der Waals surface area contributed by atoms with Crippen molar-refractivity contribution in [3.8, 4) is 0 Å². The van der Waals surface area contributed by atoms with Gasteiger partial charge in [0.15, 0.2) is 0 Å². The number of hydrogen-bond donors (Lipinski definition) is 1. The largest absolute Gasteiger partial charge is 0.382 e. The molecule has 0 bridgehead atoms. The summed E-state index contributed by atoms with van der Waals surface area (Å²) < 4.78 is 23.2. The molecule has 102 valence electrons. The van der Waals surface area contributed by atoms with Crippen LogP contribution in [0.5, 0.6) is 0 Å². The maximum Gasteiger partial charge on any atom is 0.141 e. The highest BCUT2D eigenvalue weighted by Gasteiger charge is 2.07. The lowest BCUT2D eigenvalue weighted by Gasteiger charge is -2.14. The molecule has 5 heteroatoms. The number of methoxy groups -OCH3 is 1. The van der Waals surface area contributed by atoms with Gasteiger partial charge in [0.25, 0.3) is 0 Å². The second-order valence-electron chi connectivity index (χ2n) is 3.95. The van der Waals surface area contributed by atoms with Crippen LogP contribution in [-0.4, -0.2) is 33.5 Å². The molecule has 0 amide bonds. The first-order valence-corrected chi connectivity index (χ1v) is 6.28. The topological polar surface area (TPSA) is 30.5 Å². The molecule has 1 aromatic rings. The fourth-order valence-corrected chi connectivity index (χ4v) is 1.68. The van der Waals surface area contributed by atoms with Gasteiger partial charge in [-0.1, -0.05) is 17.7 Å². The minimum atomic E-state index is -0.393. The van der Waals surface area contributed by atoms with Gasteiger partial charge in [0, 0.05) is 19.7 Å². The summed E-state index contributed by atoms with van der Waals surface area (Å²) in [7, 11) is 1.64. The third-order valence-electron chi connectivity index (χ3n) is 2.57. The van der Waals surface area contributed by atoms with E-state index < -0.39 is 5.82 Å². The van der Waals surface area contributed by atoms with Gasteiger partial charge in [0.1, 0.15) is 5.82 Å². The van der Waals surface area contributed by atoms with Crippen LogP contribution in [0, 0.1) is 5.82 Å². The maximum atomic E-state index is 13.0. The summed E-state index contributed by atoms with van der Waals surface area (Å²) in [5.74, 6) is -0.393. The zero-order valence-electron chi connectivity index (χ0n) is 10.7. The minimum absolute atomic E-state index is 0.106. The molecule has 1 N–H and O–H groups in total. The molecule has 0 saturated heterocycles. The SMILES string of the molecule is COCCOCCNC(C)c1ccc(F)c(Cl)c1. The Morgan fingerprint density at radius 1 is 1.33 bits per heavy atom. The molecule has 0 aliphatic carbocycles. The van der Waals surface area contributed by atoms with Gasteiger partial charge >= 0.3 is 0 Å². The van der Waals surface area contributed by atoms with Crippen LogP contribution >= 0.6 is 11.6 Å². The van der Waals surface area contributed by atoms with Crippen molar-refractivity contribution >= 4 is 11.6 Å². The lowest BCUT2D eigenvalue weighted by Crippen LogP contribution is -2.23. The van der Waals surface area contributed by atoms with E-state index in [-0.39, 0.29) is 11.1 Å². The Bertz CT molecular complexity index is 363. The molecule has 0 aromatic heterocycles. The molecule has 0 radical (unpaired) electrons. The van der Waals surface area contributed by atoms with Crippen LogP contribution in [0.25, 0.3) is 0 Å². The zero-order chi connectivity index (χ0) is 13.4. The molecule has 3 nitrogen and oxygen atoms in total. The van der Waals surface area contributed by atoms with Crippen molar-refractivity contribution in [1.29, 1.82) is 0 Å². The molecule has 1 atom stereocenters. The monoisotopic (exact) mass is 275 g/mol. The van der Waals surface area contributed by atoms with E-state index in [0.29, 0.717) is 19.8 Å². The number of benzene rings is 1. The summed E-state index contributed by atoms with van der Waals surface area (Å²) in [5, 5.41) is 3.43.